The Kier molecular flexibility index (Phi) is 6.46. The number of aryl methyl sites for hydroxylation is 1. The van der Waals surface area contributed by atoms with E-state index in [2.05, 4.69) is 0 Å². The van der Waals surface area contributed by atoms with Gasteiger partial charge in [0, 0.05) is 21.7 Å². The number of rotatable bonds is 5. The van der Waals surface area contributed by atoms with Gasteiger partial charge in [-0.25, -0.2) is 4.39 Å². The molecule has 5 atom stereocenters. The molecule has 4 rings (SSSR count). The molecule has 32 heavy (non-hydrogen) atoms. The number of hydrogen-bond acceptors (Lipinski definition) is 7. The molecule has 1 aliphatic rings. The van der Waals surface area contributed by atoms with Crippen LogP contribution in [0.25, 0.3) is 10.4 Å². The maximum absolute atomic E-state index is 13.2. The maximum Gasteiger partial charge on any atom is 0.222 e. The van der Waals surface area contributed by atoms with Crippen molar-refractivity contribution in [2.24, 2.45) is 0 Å². The van der Waals surface area contributed by atoms with Crippen molar-refractivity contribution in [3.05, 3.63) is 82.0 Å². The normalized spacial score (nSPS) is 28.1. The third-order valence-corrected chi connectivity index (χ3v) is 7.02. The molecule has 1 aromatic heterocycles. The highest BCUT2D eigenvalue weighted by Gasteiger charge is 2.53. The van der Waals surface area contributed by atoms with Crippen LogP contribution < -0.4 is 0 Å². The number of aliphatic hydroxyl groups is 5. The molecule has 3 unspecified atom stereocenters. The Morgan fingerprint density at radius 3 is 2.41 bits per heavy atom. The standard InChI is InChI=1S/C24H25FO6S/c1-13-2-5-16(24(30)23(29)22(28)21(27)19(12-26)31-24)10-15(13)11-18-8-9-20(32-18)14-3-6-17(25)7-4-14/h2-10,19,21-23,26-30H,11-12H2,1H3/t19?,21-,22?,23-,24?/m1/s1. The highest BCUT2D eigenvalue weighted by Crippen LogP contribution is 2.38. The summed E-state index contributed by atoms with van der Waals surface area (Å²) in [6.45, 7) is 1.29. The van der Waals surface area contributed by atoms with Crippen LogP contribution in [0.2, 0.25) is 0 Å². The van der Waals surface area contributed by atoms with Crippen LogP contribution in [0.1, 0.15) is 21.6 Å². The van der Waals surface area contributed by atoms with Crippen molar-refractivity contribution in [2.45, 2.75) is 43.5 Å². The minimum Gasteiger partial charge on any atom is -0.394 e. The Hall–Kier alpha value is -2.17. The van der Waals surface area contributed by atoms with Gasteiger partial charge in [0.1, 0.15) is 30.2 Å². The summed E-state index contributed by atoms with van der Waals surface area (Å²) in [5, 5.41) is 51.1. The molecule has 1 aliphatic heterocycles. The number of ether oxygens (including phenoxy) is 1. The van der Waals surface area contributed by atoms with Crippen molar-refractivity contribution in [1.29, 1.82) is 0 Å². The molecule has 0 bridgehead atoms. The zero-order chi connectivity index (χ0) is 23.0. The summed E-state index contributed by atoms with van der Waals surface area (Å²) in [5.74, 6) is -2.58. The molecule has 2 aromatic carbocycles. The van der Waals surface area contributed by atoms with E-state index in [0.717, 1.165) is 26.4 Å². The number of benzene rings is 2. The van der Waals surface area contributed by atoms with Crippen LogP contribution in [0, 0.1) is 12.7 Å². The van der Waals surface area contributed by atoms with Gasteiger partial charge >= 0.3 is 0 Å². The van der Waals surface area contributed by atoms with Crippen LogP contribution in [0.5, 0.6) is 0 Å². The SMILES string of the molecule is Cc1ccc(C2(O)OC(CO)[C@@H](O)C(O)[C@H]2O)cc1Cc1ccc(-c2ccc(F)cc2)s1. The molecule has 3 aromatic rings. The molecule has 2 heterocycles. The van der Waals surface area contributed by atoms with Gasteiger partial charge in [0.25, 0.3) is 0 Å². The summed E-state index contributed by atoms with van der Waals surface area (Å²) in [6, 6.07) is 15.3. The smallest absolute Gasteiger partial charge is 0.222 e. The van der Waals surface area contributed by atoms with Crippen molar-refractivity contribution in [2.75, 3.05) is 6.61 Å². The lowest BCUT2D eigenvalue weighted by atomic mass is 9.86. The first-order valence-corrected chi connectivity index (χ1v) is 11.0. The quantitative estimate of drug-likeness (QED) is 0.399. The molecule has 170 valence electrons. The van der Waals surface area contributed by atoms with E-state index >= 15 is 0 Å². The Morgan fingerprint density at radius 2 is 1.72 bits per heavy atom. The molecule has 1 saturated heterocycles. The van der Waals surface area contributed by atoms with Crippen molar-refractivity contribution in [3.8, 4) is 10.4 Å². The highest BCUT2D eigenvalue weighted by molar-refractivity contribution is 7.15. The molecule has 6 nitrogen and oxygen atoms in total. The molecule has 8 heteroatoms. The van der Waals surface area contributed by atoms with Crippen LogP contribution in [-0.2, 0) is 16.9 Å². The molecule has 0 aliphatic carbocycles. The molecular formula is C24H25FO6S. The fourth-order valence-corrected chi connectivity index (χ4v) is 4.94. The lowest BCUT2D eigenvalue weighted by Gasteiger charge is -2.45. The van der Waals surface area contributed by atoms with Crippen LogP contribution in [0.3, 0.4) is 0 Å². The van der Waals surface area contributed by atoms with E-state index in [0.29, 0.717) is 6.42 Å². The summed E-state index contributed by atoms with van der Waals surface area (Å²) in [4.78, 5) is 2.05. The monoisotopic (exact) mass is 460 g/mol. The molecule has 0 saturated carbocycles. The minimum atomic E-state index is -2.29. The Bertz CT molecular complexity index is 1080. The number of thiophene rings is 1. The first kappa shape index (κ1) is 23.0. The van der Waals surface area contributed by atoms with Crippen molar-refractivity contribution < 1.29 is 34.7 Å². The van der Waals surface area contributed by atoms with Crippen molar-refractivity contribution in [3.63, 3.8) is 0 Å². The average molecular weight is 461 g/mol. The predicted octanol–water partition coefficient (Wildman–Crippen LogP) is 2.07. The van der Waals surface area contributed by atoms with Gasteiger partial charge in [-0.15, -0.1) is 11.3 Å². The van der Waals surface area contributed by atoms with E-state index in [1.807, 2.05) is 19.1 Å². The first-order chi connectivity index (χ1) is 15.2. The second-order valence-electron chi connectivity index (χ2n) is 8.05. The molecule has 1 fully saturated rings. The largest absolute Gasteiger partial charge is 0.394 e. The first-order valence-electron chi connectivity index (χ1n) is 10.2. The average Bonchev–Trinajstić information content (AvgIpc) is 3.25. The Balaban J connectivity index is 1.61. The minimum absolute atomic E-state index is 0.213. The fraction of sp³-hybridized carbons (Fsp3) is 0.333. The molecule has 0 spiro atoms. The molecule has 0 amide bonds. The van der Waals surface area contributed by atoms with E-state index in [-0.39, 0.29) is 11.4 Å². The predicted molar refractivity (Wildman–Crippen MR) is 118 cm³/mol. The van der Waals surface area contributed by atoms with Crippen LogP contribution in [-0.4, -0.2) is 56.6 Å². The van der Waals surface area contributed by atoms with E-state index in [9.17, 15) is 29.9 Å². The van der Waals surface area contributed by atoms with Gasteiger partial charge < -0.3 is 30.3 Å². The lowest BCUT2D eigenvalue weighted by Crippen LogP contribution is -2.63. The summed E-state index contributed by atoms with van der Waals surface area (Å²) >= 11 is 1.57. The van der Waals surface area contributed by atoms with Gasteiger partial charge in [-0.05, 0) is 53.9 Å². The highest BCUT2D eigenvalue weighted by atomic mass is 32.1. The number of hydrogen-bond donors (Lipinski definition) is 5. The number of aliphatic hydroxyl groups excluding tert-OH is 4. The summed E-state index contributed by atoms with van der Waals surface area (Å²) in [7, 11) is 0. The van der Waals surface area contributed by atoms with E-state index in [1.54, 1.807) is 41.7 Å². The summed E-state index contributed by atoms with van der Waals surface area (Å²) < 4.78 is 18.6. The van der Waals surface area contributed by atoms with E-state index in [4.69, 9.17) is 4.74 Å². The van der Waals surface area contributed by atoms with Crippen molar-refractivity contribution in [1.82, 2.24) is 0 Å². The molecule has 5 N–H and O–H groups in total. The fourth-order valence-electron chi connectivity index (χ4n) is 3.91. The summed E-state index contributed by atoms with van der Waals surface area (Å²) in [5.41, 5.74) is 2.97. The number of halogens is 1. The van der Waals surface area contributed by atoms with E-state index < -0.39 is 36.8 Å². The summed E-state index contributed by atoms with van der Waals surface area (Å²) in [6.07, 6.45) is -5.73. The van der Waals surface area contributed by atoms with Crippen LogP contribution >= 0.6 is 11.3 Å². The van der Waals surface area contributed by atoms with Crippen molar-refractivity contribution >= 4 is 11.3 Å². The van der Waals surface area contributed by atoms with Gasteiger partial charge in [0.05, 0.1) is 6.61 Å². The van der Waals surface area contributed by atoms with Gasteiger partial charge in [-0.1, -0.05) is 24.3 Å². The maximum atomic E-state index is 13.2. The van der Waals surface area contributed by atoms with Crippen LogP contribution in [0.4, 0.5) is 4.39 Å². The second-order valence-corrected chi connectivity index (χ2v) is 9.22. The van der Waals surface area contributed by atoms with Crippen LogP contribution in [0.15, 0.2) is 54.6 Å². The zero-order valence-corrected chi connectivity index (χ0v) is 18.2. The van der Waals surface area contributed by atoms with Gasteiger partial charge in [0.2, 0.25) is 5.79 Å². The topological polar surface area (TPSA) is 110 Å². The van der Waals surface area contributed by atoms with Gasteiger partial charge in [0.15, 0.2) is 0 Å². The Morgan fingerprint density at radius 1 is 1.00 bits per heavy atom. The third-order valence-electron chi connectivity index (χ3n) is 5.88. The third kappa shape index (κ3) is 4.23. The molecule has 0 radical (unpaired) electrons. The molecular weight excluding hydrogens is 435 g/mol. The lowest BCUT2D eigenvalue weighted by molar-refractivity contribution is -0.357. The Labute approximate surface area is 188 Å². The van der Waals surface area contributed by atoms with Gasteiger partial charge in [-0.2, -0.15) is 0 Å². The second kappa shape index (κ2) is 8.99. The zero-order valence-electron chi connectivity index (χ0n) is 17.4. The van der Waals surface area contributed by atoms with Gasteiger partial charge in [-0.3, -0.25) is 0 Å². The van der Waals surface area contributed by atoms with E-state index in [1.165, 1.54) is 12.1 Å².